The second kappa shape index (κ2) is 10.3. The van der Waals surface area contributed by atoms with Gasteiger partial charge in [0.1, 0.15) is 5.75 Å². The summed E-state index contributed by atoms with van der Waals surface area (Å²) in [7, 11) is 0. The van der Waals surface area contributed by atoms with E-state index >= 15 is 0 Å². The molecular weight excluding hydrogens is 354 g/mol. The fourth-order valence-corrected chi connectivity index (χ4v) is 4.17. The number of hydrogen-bond acceptors (Lipinski definition) is 3. The van der Waals surface area contributed by atoms with Crippen LogP contribution in [0.1, 0.15) is 63.5 Å². The van der Waals surface area contributed by atoms with Crippen LogP contribution in [0.15, 0.2) is 24.3 Å². The number of hydrogen-bond donors (Lipinski definition) is 1. The monoisotopic (exact) mass is 387 g/mol. The predicted molar refractivity (Wildman–Crippen MR) is 109 cm³/mol. The van der Waals surface area contributed by atoms with Crippen molar-refractivity contribution >= 4 is 11.9 Å². The van der Waals surface area contributed by atoms with Crippen LogP contribution in [0.4, 0.5) is 4.79 Å². The summed E-state index contributed by atoms with van der Waals surface area (Å²) < 4.78 is 5.50. The lowest BCUT2D eigenvalue weighted by Gasteiger charge is -2.26. The van der Waals surface area contributed by atoms with Crippen LogP contribution in [0.25, 0.3) is 0 Å². The van der Waals surface area contributed by atoms with E-state index in [4.69, 9.17) is 4.74 Å². The van der Waals surface area contributed by atoms with E-state index in [9.17, 15) is 9.59 Å². The first kappa shape index (κ1) is 20.5. The minimum atomic E-state index is -0.0694. The highest BCUT2D eigenvalue weighted by Gasteiger charge is 2.30. The topological polar surface area (TPSA) is 61.9 Å². The van der Waals surface area contributed by atoms with E-state index < -0.39 is 0 Å². The fourth-order valence-electron chi connectivity index (χ4n) is 4.17. The fraction of sp³-hybridized carbons (Fsp3) is 0.636. The Labute approximate surface area is 168 Å². The summed E-state index contributed by atoms with van der Waals surface area (Å²) in [6.45, 7) is 5.49. The molecule has 3 amide bonds. The standard InChI is InChI=1S/C22H33N3O3/c1-2-28-19-11-9-18(10-12-19)20-8-7-17-25(20)22(27)23-14-13-21(26)24-15-5-3-4-6-16-24/h9-12,20H,2-8,13-17H2,1H3,(H,23,27). The molecule has 0 saturated carbocycles. The molecule has 2 fully saturated rings. The molecule has 0 radical (unpaired) electrons. The average molecular weight is 388 g/mol. The Balaban J connectivity index is 1.48. The number of nitrogens with one attached hydrogen (secondary N) is 1. The van der Waals surface area contributed by atoms with E-state index in [1.165, 1.54) is 12.8 Å². The van der Waals surface area contributed by atoms with Crippen LogP contribution in [0.2, 0.25) is 0 Å². The van der Waals surface area contributed by atoms with Crippen molar-refractivity contribution in [3.05, 3.63) is 29.8 Å². The van der Waals surface area contributed by atoms with Crippen molar-refractivity contribution in [2.45, 2.75) is 57.9 Å². The number of ether oxygens (including phenoxy) is 1. The molecule has 1 N–H and O–H groups in total. The number of benzene rings is 1. The highest BCUT2D eigenvalue weighted by molar-refractivity contribution is 5.78. The first-order chi connectivity index (χ1) is 13.7. The third-order valence-electron chi connectivity index (χ3n) is 5.66. The number of urea groups is 1. The summed E-state index contributed by atoms with van der Waals surface area (Å²) in [5.74, 6) is 1.01. The van der Waals surface area contributed by atoms with Crippen molar-refractivity contribution in [3.8, 4) is 5.75 Å². The summed E-state index contributed by atoms with van der Waals surface area (Å²) >= 11 is 0. The van der Waals surface area contributed by atoms with Gasteiger partial charge in [0.15, 0.2) is 0 Å². The molecule has 2 aliphatic heterocycles. The van der Waals surface area contributed by atoms with Crippen LogP contribution in [-0.2, 0) is 4.79 Å². The zero-order valence-electron chi connectivity index (χ0n) is 17.0. The second-order valence-electron chi connectivity index (χ2n) is 7.63. The average Bonchev–Trinajstić information content (AvgIpc) is 3.03. The maximum Gasteiger partial charge on any atom is 0.317 e. The summed E-state index contributed by atoms with van der Waals surface area (Å²) in [5, 5.41) is 2.96. The maximum atomic E-state index is 12.7. The zero-order valence-corrected chi connectivity index (χ0v) is 17.0. The van der Waals surface area contributed by atoms with Gasteiger partial charge in [-0.25, -0.2) is 4.79 Å². The number of carbonyl (C=O) groups is 2. The lowest BCUT2D eigenvalue weighted by molar-refractivity contribution is -0.131. The zero-order chi connectivity index (χ0) is 19.8. The van der Waals surface area contributed by atoms with Crippen molar-refractivity contribution in [1.29, 1.82) is 0 Å². The van der Waals surface area contributed by atoms with E-state index in [2.05, 4.69) is 5.32 Å². The third-order valence-corrected chi connectivity index (χ3v) is 5.66. The lowest BCUT2D eigenvalue weighted by atomic mass is 10.0. The van der Waals surface area contributed by atoms with Crippen molar-refractivity contribution in [2.24, 2.45) is 0 Å². The Kier molecular flexibility index (Phi) is 7.57. The summed E-state index contributed by atoms with van der Waals surface area (Å²) in [4.78, 5) is 28.9. The van der Waals surface area contributed by atoms with Gasteiger partial charge < -0.3 is 19.9 Å². The molecule has 0 aliphatic carbocycles. The third kappa shape index (κ3) is 5.40. The Hall–Kier alpha value is -2.24. The Bertz CT molecular complexity index is 639. The molecule has 0 spiro atoms. The van der Waals surface area contributed by atoms with Crippen molar-refractivity contribution in [1.82, 2.24) is 15.1 Å². The smallest absolute Gasteiger partial charge is 0.317 e. The SMILES string of the molecule is CCOc1ccc(C2CCCN2C(=O)NCCC(=O)N2CCCCCC2)cc1. The quantitative estimate of drug-likeness (QED) is 0.809. The van der Waals surface area contributed by atoms with Crippen molar-refractivity contribution in [2.75, 3.05) is 32.8 Å². The van der Waals surface area contributed by atoms with Crippen LogP contribution >= 0.6 is 0 Å². The molecular formula is C22H33N3O3. The number of carbonyl (C=O) groups excluding carboxylic acids is 2. The minimum absolute atomic E-state index is 0.0694. The molecule has 3 rings (SSSR count). The first-order valence-corrected chi connectivity index (χ1v) is 10.7. The number of nitrogens with zero attached hydrogens (tertiary/aromatic N) is 2. The molecule has 2 saturated heterocycles. The largest absolute Gasteiger partial charge is 0.494 e. The summed E-state index contributed by atoms with van der Waals surface area (Å²) in [6.07, 6.45) is 6.95. The van der Waals surface area contributed by atoms with Crippen LogP contribution in [0.5, 0.6) is 5.75 Å². The van der Waals surface area contributed by atoms with Crippen molar-refractivity contribution in [3.63, 3.8) is 0 Å². The molecule has 1 aromatic carbocycles. The van der Waals surface area contributed by atoms with Gasteiger partial charge in [0.2, 0.25) is 5.91 Å². The Morgan fingerprint density at radius 2 is 1.75 bits per heavy atom. The predicted octanol–water partition coefficient (Wildman–Crippen LogP) is 3.72. The van der Waals surface area contributed by atoms with Crippen molar-refractivity contribution < 1.29 is 14.3 Å². The lowest BCUT2D eigenvalue weighted by Crippen LogP contribution is -2.41. The molecule has 28 heavy (non-hydrogen) atoms. The molecule has 1 unspecified atom stereocenters. The van der Waals surface area contributed by atoms with Gasteiger partial charge >= 0.3 is 6.03 Å². The van der Waals surface area contributed by atoms with Gasteiger partial charge in [0, 0.05) is 32.6 Å². The van der Waals surface area contributed by atoms with Crippen LogP contribution in [-0.4, -0.2) is 54.5 Å². The van der Waals surface area contributed by atoms with Gasteiger partial charge in [-0.15, -0.1) is 0 Å². The van der Waals surface area contributed by atoms with Gasteiger partial charge in [0.05, 0.1) is 12.6 Å². The normalized spacial score (nSPS) is 20.0. The van der Waals surface area contributed by atoms with Gasteiger partial charge in [-0.2, -0.15) is 0 Å². The Morgan fingerprint density at radius 3 is 2.43 bits per heavy atom. The molecule has 6 heteroatoms. The molecule has 2 heterocycles. The van der Waals surface area contributed by atoms with Gasteiger partial charge in [-0.3, -0.25) is 4.79 Å². The molecule has 0 aromatic heterocycles. The maximum absolute atomic E-state index is 12.7. The Morgan fingerprint density at radius 1 is 1.04 bits per heavy atom. The highest BCUT2D eigenvalue weighted by atomic mass is 16.5. The van der Waals surface area contributed by atoms with E-state index in [-0.39, 0.29) is 18.0 Å². The van der Waals surface area contributed by atoms with Crippen LogP contribution in [0.3, 0.4) is 0 Å². The van der Waals surface area contributed by atoms with Gasteiger partial charge in [-0.1, -0.05) is 25.0 Å². The summed E-state index contributed by atoms with van der Waals surface area (Å²) in [5.41, 5.74) is 1.14. The molecule has 154 valence electrons. The van der Waals surface area contributed by atoms with E-state index in [1.54, 1.807) is 0 Å². The minimum Gasteiger partial charge on any atom is -0.494 e. The van der Waals surface area contributed by atoms with E-state index in [0.29, 0.717) is 19.6 Å². The van der Waals surface area contributed by atoms with Crippen LogP contribution in [0, 0.1) is 0 Å². The molecule has 1 aromatic rings. The molecule has 1 atom stereocenters. The van der Waals surface area contributed by atoms with E-state index in [1.807, 2.05) is 41.0 Å². The first-order valence-electron chi connectivity index (χ1n) is 10.7. The van der Waals surface area contributed by atoms with Gasteiger partial charge in [-0.05, 0) is 50.3 Å². The number of amides is 3. The molecule has 2 aliphatic rings. The summed E-state index contributed by atoms with van der Waals surface area (Å²) in [6, 6.07) is 8.05. The number of rotatable bonds is 6. The molecule has 6 nitrogen and oxygen atoms in total. The van der Waals surface area contributed by atoms with E-state index in [0.717, 1.165) is 56.6 Å². The highest BCUT2D eigenvalue weighted by Crippen LogP contribution is 2.32. The molecule has 0 bridgehead atoms. The second-order valence-corrected chi connectivity index (χ2v) is 7.63. The van der Waals surface area contributed by atoms with Gasteiger partial charge in [0.25, 0.3) is 0 Å². The number of likely N-dealkylation sites (tertiary alicyclic amines) is 2. The van der Waals surface area contributed by atoms with Crippen LogP contribution < -0.4 is 10.1 Å².